The Balaban J connectivity index is 1.41. The van der Waals surface area contributed by atoms with E-state index >= 15 is 0 Å². The van der Waals surface area contributed by atoms with E-state index in [4.69, 9.17) is 0 Å². The summed E-state index contributed by atoms with van der Waals surface area (Å²) in [4.78, 5) is 47.8. The molecule has 0 fully saturated rings. The summed E-state index contributed by atoms with van der Waals surface area (Å²) >= 11 is 0. The summed E-state index contributed by atoms with van der Waals surface area (Å²) < 4.78 is 0. The Bertz CT molecular complexity index is 1680. The van der Waals surface area contributed by atoms with E-state index in [-0.39, 0.29) is 31.3 Å². The van der Waals surface area contributed by atoms with Crippen LogP contribution in [0.25, 0.3) is 22.0 Å². The van der Waals surface area contributed by atoms with Crippen LogP contribution in [-0.2, 0) is 17.8 Å². The number of aromatic amines is 1. The Morgan fingerprint density at radius 1 is 0.805 bits per heavy atom. The highest BCUT2D eigenvalue weighted by Gasteiger charge is 2.23. The zero-order valence-corrected chi connectivity index (χ0v) is 22.4. The number of hydrogen-bond donors (Lipinski definition) is 3. The second kappa shape index (κ2) is 12.7. The van der Waals surface area contributed by atoms with Crippen molar-refractivity contribution in [2.75, 3.05) is 13.1 Å². The molecule has 2 amide bonds. The summed E-state index contributed by atoms with van der Waals surface area (Å²) in [6.45, 7) is 0.678. The molecule has 3 N–H and O–H groups in total. The van der Waals surface area contributed by atoms with E-state index in [1.165, 1.54) is 0 Å². The van der Waals surface area contributed by atoms with Crippen molar-refractivity contribution in [2.45, 2.75) is 19.4 Å². The lowest BCUT2D eigenvalue weighted by atomic mass is 9.94. The van der Waals surface area contributed by atoms with Crippen LogP contribution < -0.4 is 5.32 Å². The fourth-order valence-corrected chi connectivity index (χ4v) is 4.90. The van der Waals surface area contributed by atoms with Gasteiger partial charge in [-0.2, -0.15) is 0 Å². The maximum Gasteiger partial charge on any atom is 0.305 e. The first-order valence-electron chi connectivity index (χ1n) is 13.4. The molecule has 0 saturated heterocycles. The van der Waals surface area contributed by atoms with E-state index in [0.29, 0.717) is 35.2 Å². The summed E-state index contributed by atoms with van der Waals surface area (Å²) in [7, 11) is 0. The number of rotatable bonds is 11. The topological polar surface area (TPSA) is 115 Å². The van der Waals surface area contributed by atoms with Crippen molar-refractivity contribution < 1.29 is 19.5 Å². The summed E-state index contributed by atoms with van der Waals surface area (Å²) in [5.41, 5.74) is 4.85. The third-order valence-corrected chi connectivity index (χ3v) is 6.98. The van der Waals surface area contributed by atoms with Crippen LogP contribution >= 0.6 is 0 Å². The van der Waals surface area contributed by atoms with Crippen LogP contribution in [0.2, 0.25) is 0 Å². The molecular weight excluding hydrogens is 516 g/mol. The van der Waals surface area contributed by atoms with Gasteiger partial charge < -0.3 is 20.3 Å². The molecule has 8 heteroatoms. The van der Waals surface area contributed by atoms with Gasteiger partial charge in [-0.05, 0) is 53.4 Å². The highest BCUT2D eigenvalue weighted by atomic mass is 16.4. The van der Waals surface area contributed by atoms with Gasteiger partial charge in [-0.3, -0.25) is 19.4 Å². The molecule has 5 aromatic rings. The van der Waals surface area contributed by atoms with Crippen LogP contribution in [0, 0.1) is 0 Å². The number of benzene rings is 3. The standard InChI is InChI=1S/C33H30N4O4/c38-31(39)17-20-37(19-16-23-21-35-30-15-6-5-10-25(23)30)33(41)29-14-4-2-12-27(29)26-11-1-3-13-28(26)32(40)36-22-24-9-7-8-18-34-24/h1-15,18,21,35H,16-17,19-20,22H2,(H,36,40)(H,38,39). The molecule has 0 unspecified atom stereocenters. The molecule has 206 valence electrons. The Morgan fingerprint density at radius 3 is 2.24 bits per heavy atom. The van der Waals surface area contributed by atoms with Crippen molar-refractivity contribution in [3.63, 3.8) is 0 Å². The molecule has 3 aromatic carbocycles. The molecule has 8 nitrogen and oxygen atoms in total. The molecule has 0 aliphatic heterocycles. The Morgan fingerprint density at radius 2 is 1.49 bits per heavy atom. The molecule has 0 bridgehead atoms. The lowest BCUT2D eigenvalue weighted by Crippen LogP contribution is -2.35. The maximum atomic E-state index is 14.0. The number of H-pyrrole nitrogens is 1. The average Bonchev–Trinajstić information content (AvgIpc) is 3.43. The quantitative estimate of drug-likeness (QED) is 0.207. The number of fused-ring (bicyclic) bond motifs is 1. The van der Waals surface area contributed by atoms with Crippen LogP contribution in [0.4, 0.5) is 0 Å². The molecule has 0 spiro atoms. The third kappa shape index (κ3) is 6.50. The van der Waals surface area contributed by atoms with E-state index in [9.17, 15) is 19.5 Å². The zero-order valence-electron chi connectivity index (χ0n) is 22.4. The summed E-state index contributed by atoms with van der Waals surface area (Å²) in [6.07, 6.45) is 3.99. The van der Waals surface area contributed by atoms with Gasteiger partial charge in [-0.1, -0.05) is 60.7 Å². The fourth-order valence-electron chi connectivity index (χ4n) is 4.90. The normalized spacial score (nSPS) is 10.8. The largest absolute Gasteiger partial charge is 0.481 e. The molecular formula is C33H30N4O4. The second-order valence-corrected chi connectivity index (χ2v) is 9.64. The summed E-state index contributed by atoms with van der Waals surface area (Å²) in [5.74, 6) is -1.54. The Kier molecular flexibility index (Phi) is 8.49. The monoisotopic (exact) mass is 546 g/mol. The van der Waals surface area contributed by atoms with Gasteiger partial charge in [0.1, 0.15) is 0 Å². The van der Waals surface area contributed by atoms with Crippen LogP contribution in [0.3, 0.4) is 0 Å². The minimum atomic E-state index is -0.974. The Labute approximate surface area is 237 Å². The smallest absolute Gasteiger partial charge is 0.305 e. The SMILES string of the molecule is O=C(O)CCN(CCc1c[nH]c2ccccc12)C(=O)c1ccccc1-c1ccccc1C(=O)NCc1ccccn1. The van der Waals surface area contributed by atoms with Crippen molar-refractivity contribution in [3.8, 4) is 11.1 Å². The number of aromatic nitrogens is 2. The summed E-state index contributed by atoms with van der Waals surface area (Å²) in [6, 6.07) is 27.7. The van der Waals surface area contributed by atoms with E-state index in [1.54, 1.807) is 35.4 Å². The average molecular weight is 547 g/mol. The third-order valence-electron chi connectivity index (χ3n) is 6.98. The van der Waals surface area contributed by atoms with Crippen LogP contribution in [0.1, 0.15) is 38.4 Å². The first-order valence-corrected chi connectivity index (χ1v) is 13.4. The number of pyridine rings is 1. The number of amides is 2. The number of carbonyl (C=O) groups is 3. The zero-order chi connectivity index (χ0) is 28.6. The molecule has 0 aliphatic rings. The lowest BCUT2D eigenvalue weighted by molar-refractivity contribution is -0.137. The van der Waals surface area contributed by atoms with Crippen molar-refractivity contribution in [1.82, 2.24) is 20.2 Å². The minimum Gasteiger partial charge on any atom is -0.481 e. The van der Waals surface area contributed by atoms with Crippen LogP contribution in [0.15, 0.2) is 103 Å². The van der Waals surface area contributed by atoms with Gasteiger partial charge in [0, 0.05) is 47.5 Å². The molecule has 0 radical (unpaired) electrons. The van der Waals surface area contributed by atoms with Gasteiger partial charge in [-0.15, -0.1) is 0 Å². The Hall–Kier alpha value is -5.24. The number of carboxylic acid groups (broad SMARTS) is 1. The number of carboxylic acids is 1. The van der Waals surface area contributed by atoms with Gasteiger partial charge in [0.05, 0.1) is 18.7 Å². The molecule has 2 aromatic heterocycles. The maximum absolute atomic E-state index is 14.0. The van der Waals surface area contributed by atoms with Crippen molar-refractivity contribution in [1.29, 1.82) is 0 Å². The van der Waals surface area contributed by atoms with Gasteiger partial charge >= 0.3 is 5.97 Å². The molecule has 0 saturated carbocycles. The fraction of sp³-hybridized carbons (Fsp3) is 0.152. The first kappa shape index (κ1) is 27.3. The van der Waals surface area contributed by atoms with Crippen molar-refractivity contribution in [2.24, 2.45) is 0 Å². The molecule has 41 heavy (non-hydrogen) atoms. The molecule has 5 rings (SSSR count). The minimum absolute atomic E-state index is 0.0665. The lowest BCUT2D eigenvalue weighted by Gasteiger charge is -2.24. The molecule has 0 aliphatic carbocycles. The van der Waals surface area contributed by atoms with Crippen LogP contribution in [-0.4, -0.2) is 50.8 Å². The summed E-state index contributed by atoms with van der Waals surface area (Å²) in [5, 5.41) is 13.4. The van der Waals surface area contributed by atoms with Gasteiger partial charge in [0.25, 0.3) is 11.8 Å². The predicted octanol–water partition coefficient (Wildman–Crippen LogP) is 5.32. The van der Waals surface area contributed by atoms with Crippen molar-refractivity contribution >= 4 is 28.7 Å². The molecule has 2 heterocycles. The van der Waals surface area contributed by atoms with Gasteiger partial charge in [0.15, 0.2) is 0 Å². The van der Waals surface area contributed by atoms with Gasteiger partial charge in [0.2, 0.25) is 0 Å². The number of para-hydroxylation sites is 1. The van der Waals surface area contributed by atoms with E-state index in [2.05, 4.69) is 15.3 Å². The second-order valence-electron chi connectivity index (χ2n) is 9.64. The molecule has 0 atom stereocenters. The van der Waals surface area contributed by atoms with E-state index in [0.717, 1.165) is 22.2 Å². The van der Waals surface area contributed by atoms with Crippen molar-refractivity contribution in [3.05, 3.63) is 126 Å². The van der Waals surface area contributed by atoms with Gasteiger partial charge in [-0.25, -0.2) is 0 Å². The first-order chi connectivity index (χ1) is 20.0. The number of nitrogens with one attached hydrogen (secondary N) is 2. The highest BCUT2D eigenvalue weighted by molar-refractivity contribution is 6.06. The van der Waals surface area contributed by atoms with E-state index < -0.39 is 5.97 Å². The number of aliphatic carboxylic acids is 1. The predicted molar refractivity (Wildman–Crippen MR) is 157 cm³/mol. The number of hydrogen-bond acceptors (Lipinski definition) is 4. The number of carbonyl (C=O) groups excluding carboxylic acids is 2. The van der Waals surface area contributed by atoms with Crippen LogP contribution in [0.5, 0.6) is 0 Å². The highest BCUT2D eigenvalue weighted by Crippen LogP contribution is 2.29. The number of nitrogens with zero attached hydrogens (tertiary/aromatic N) is 2. The van der Waals surface area contributed by atoms with E-state index in [1.807, 2.05) is 72.9 Å².